The van der Waals surface area contributed by atoms with E-state index in [2.05, 4.69) is 19.2 Å². The van der Waals surface area contributed by atoms with Gasteiger partial charge in [0.1, 0.15) is 0 Å². The van der Waals surface area contributed by atoms with Crippen molar-refractivity contribution in [3.05, 3.63) is 0 Å². The van der Waals surface area contributed by atoms with E-state index in [-0.39, 0.29) is 11.3 Å². The molecule has 0 aromatic heterocycles. The van der Waals surface area contributed by atoms with Gasteiger partial charge in [-0.05, 0) is 38.6 Å². The van der Waals surface area contributed by atoms with E-state index in [0.717, 1.165) is 38.5 Å². The molecule has 0 radical (unpaired) electrons. The Kier molecular flexibility index (Phi) is 7.37. The van der Waals surface area contributed by atoms with Gasteiger partial charge in [-0.1, -0.05) is 39.5 Å². The molecule has 0 aromatic carbocycles. The van der Waals surface area contributed by atoms with E-state index in [0.29, 0.717) is 11.7 Å². The van der Waals surface area contributed by atoms with Crippen LogP contribution in [0.15, 0.2) is 0 Å². The predicted molar refractivity (Wildman–Crippen MR) is 82.2 cm³/mol. The highest BCUT2D eigenvalue weighted by molar-refractivity contribution is 7.92. The molecule has 0 aromatic rings. The molecule has 19 heavy (non-hydrogen) atoms. The Morgan fingerprint density at radius 2 is 1.84 bits per heavy atom. The van der Waals surface area contributed by atoms with Gasteiger partial charge < -0.3 is 5.32 Å². The first kappa shape index (κ1) is 17.0. The average molecular weight is 289 g/mol. The Morgan fingerprint density at radius 1 is 1.11 bits per heavy atom. The highest BCUT2D eigenvalue weighted by atomic mass is 32.2. The molecular formula is C15H31NO2S. The van der Waals surface area contributed by atoms with E-state index in [1.807, 2.05) is 7.05 Å². The minimum atomic E-state index is -2.93. The molecule has 114 valence electrons. The molecule has 0 amide bonds. The summed E-state index contributed by atoms with van der Waals surface area (Å²) in [5.41, 5.74) is 0. The van der Waals surface area contributed by atoms with Gasteiger partial charge >= 0.3 is 0 Å². The first-order valence-electron chi connectivity index (χ1n) is 7.94. The van der Waals surface area contributed by atoms with Crippen LogP contribution in [0.2, 0.25) is 0 Å². The maximum absolute atomic E-state index is 12.5. The smallest absolute Gasteiger partial charge is 0.154 e. The average Bonchev–Trinajstić information content (AvgIpc) is 2.39. The SMILES string of the molecule is CCCCCS(=O)(=O)C1CC(CCC)CCC1NC. The van der Waals surface area contributed by atoms with Crippen molar-refractivity contribution in [3.8, 4) is 0 Å². The van der Waals surface area contributed by atoms with Crippen molar-refractivity contribution >= 4 is 9.84 Å². The number of nitrogens with one attached hydrogen (secondary N) is 1. The molecule has 0 bridgehead atoms. The monoisotopic (exact) mass is 289 g/mol. The first-order valence-corrected chi connectivity index (χ1v) is 9.65. The highest BCUT2D eigenvalue weighted by Gasteiger charge is 2.37. The molecule has 0 saturated heterocycles. The molecule has 1 aliphatic rings. The molecule has 4 heteroatoms. The van der Waals surface area contributed by atoms with Gasteiger partial charge in [0.25, 0.3) is 0 Å². The zero-order valence-corrected chi connectivity index (χ0v) is 13.6. The molecule has 3 unspecified atom stereocenters. The van der Waals surface area contributed by atoms with E-state index in [4.69, 9.17) is 0 Å². The van der Waals surface area contributed by atoms with Crippen LogP contribution in [0.5, 0.6) is 0 Å². The Labute approximate surface area is 119 Å². The second-order valence-electron chi connectivity index (χ2n) is 5.98. The van der Waals surface area contributed by atoms with Gasteiger partial charge in [0.05, 0.1) is 11.0 Å². The van der Waals surface area contributed by atoms with Crippen LogP contribution in [0.1, 0.15) is 65.2 Å². The van der Waals surface area contributed by atoms with Crippen LogP contribution in [0.25, 0.3) is 0 Å². The molecule has 1 rings (SSSR count). The second-order valence-corrected chi connectivity index (χ2v) is 8.31. The van der Waals surface area contributed by atoms with Gasteiger partial charge in [-0.25, -0.2) is 8.42 Å². The molecule has 1 aliphatic carbocycles. The fourth-order valence-corrected chi connectivity index (χ4v) is 5.56. The Bertz CT molecular complexity index is 340. The van der Waals surface area contributed by atoms with Crippen LogP contribution in [0.3, 0.4) is 0 Å². The summed E-state index contributed by atoms with van der Waals surface area (Å²) in [6, 6.07) is 0.166. The molecular weight excluding hydrogens is 258 g/mol. The Morgan fingerprint density at radius 3 is 2.42 bits per heavy atom. The van der Waals surface area contributed by atoms with E-state index in [1.165, 1.54) is 12.8 Å². The number of unbranched alkanes of at least 4 members (excludes halogenated alkanes) is 2. The summed E-state index contributed by atoms with van der Waals surface area (Å²) in [6.07, 6.45) is 8.33. The minimum absolute atomic E-state index is 0.153. The van der Waals surface area contributed by atoms with Crippen LogP contribution in [-0.2, 0) is 9.84 Å². The third-order valence-electron chi connectivity index (χ3n) is 4.46. The van der Waals surface area contributed by atoms with Crippen LogP contribution in [0, 0.1) is 5.92 Å². The van der Waals surface area contributed by atoms with Gasteiger partial charge in [-0.3, -0.25) is 0 Å². The third kappa shape index (κ3) is 5.07. The van der Waals surface area contributed by atoms with Crippen LogP contribution in [0.4, 0.5) is 0 Å². The topological polar surface area (TPSA) is 46.2 Å². The molecule has 0 aliphatic heterocycles. The van der Waals surface area contributed by atoms with Crippen molar-refractivity contribution in [2.75, 3.05) is 12.8 Å². The Hall–Kier alpha value is -0.0900. The molecule has 3 atom stereocenters. The fourth-order valence-electron chi connectivity index (χ4n) is 3.31. The summed E-state index contributed by atoms with van der Waals surface area (Å²) in [6.45, 7) is 4.30. The van der Waals surface area contributed by atoms with Crippen LogP contribution in [-0.4, -0.2) is 32.5 Å². The summed E-state index contributed by atoms with van der Waals surface area (Å²) in [7, 11) is -1.03. The van der Waals surface area contributed by atoms with Gasteiger partial charge in [0, 0.05) is 6.04 Å². The maximum atomic E-state index is 12.5. The standard InChI is InChI=1S/C15H31NO2S/c1-4-6-7-11-19(17,18)15-12-13(8-5-2)9-10-14(15)16-3/h13-16H,4-12H2,1-3H3. The van der Waals surface area contributed by atoms with Crippen molar-refractivity contribution < 1.29 is 8.42 Å². The quantitative estimate of drug-likeness (QED) is 0.698. The number of rotatable bonds is 8. The first-order chi connectivity index (χ1) is 9.05. The van der Waals surface area contributed by atoms with E-state index in [9.17, 15) is 8.42 Å². The second kappa shape index (κ2) is 8.25. The lowest BCUT2D eigenvalue weighted by molar-refractivity contribution is 0.288. The van der Waals surface area contributed by atoms with Crippen molar-refractivity contribution in [1.29, 1.82) is 0 Å². The van der Waals surface area contributed by atoms with Crippen molar-refractivity contribution in [2.24, 2.45) is 5.92 Å². The summed E-state index contributed by atoms with van der Waals surface area (Å²) in [5, 5.41) is 3.08. The van der Waals surface area contributed by atoms with Crippen molar-refractivity contribution in [3.63, 3.8) is 0 Å². The third-order valence-corrected chi connectivity index (χ3v) is 6.76. The summed E-state index contributed by atoms with van der Waals surface area (Å²) < 4.78 is 25.1. The Balaban J connectivity index is 2.67. The molecule has 0 heterocycles. The molecule has 3 nitrogen and oxygen atoms in total. The predicted octanol–water partition coefficient (Wildman–Crippen LogP) is 3.15. The zero-order chi connectivity index (χ0) is 14.3. The normalized spacial score (nSPS) is 28.5. The van der Waals surface area contributed by atoms with Gasteiger partial charge in [0.15, 0.2) is 9.84 Å². The van der Waals surface area contributed by atoms with E-state index in [1.54, 1.807) is 0 Å². The van der Waals surface area contributed by atoms with Gasteiger partial charge in [-0.15, -0.1) is 0 Å². The minimum Gasteiger partial charge on any atom is -0.316 e. The zero-order valence-electron chi connectivity index (χ0n) is 12.8. The largest absolute Gasteiger partial charge is 0.316 e. The summed E-state index contributed by atoms with van der Waals surface area (Å²) >= 11 is 0. The molecule has 1 N–H and O–H groups in total. The molecule has 1 fully saturated rings. The highest BCUT2D eigenvalue weighted by Crippen LogP contribution is 2.32. The van der Waals surface area contributed by atoms with Crippen molar-refractivity contribution in [2.45, 2.75) is 76.5 Å². The van der Waals surface area contributed by atoms with Crippen molar-refractivity contribution in [1.82, 2.24) is 5.32 Å². The number of hydrogen-bond acceptors (Lipinski definition) is 3. The fraction of sp³-hybridized carbons (Fsp3) is 1.00. The van der Waals surface area contributed by atoms with Gasteiger partial charge in [0.2, 0.25) is 0 Å². The lowest BCUT2D eigenvalue weighted by Gasteiger charge is -2.35. The lowest BCUT2D eigenvalue weighted by Crippen LogP contribution is -2.47. The van der Waals surface area contributed by atoms with Crippen LogP contribution >= 0.6 is 0 Å². The van der Waals surface area contributed by atoms with E-state index < -0.39 is 9.84 Å². The lowest BCUT2D eigenvalue weighted by atomic mass is 9.83. The number of hydrogen-bond donors (Lipinski definition) is 1. The molecule has 1 saturated carbocycles. The maximum Gasteiger partial charge on any atom is 0.154 e. The van der Waals surface area contributed by atoms with Gasteiger partial charge in [-0.2, -0.15) is 0 Å². The number of sulfone groups is 1. The van der Waals surface area contributed by atoms with E-state index >= 15 is 0 Å². The van der Waals surface area contributed by atoms with Crippen LogP contribution < -0.4 is 5.32 Å². The summed E-state index contributed by atoms with van der Waals surface area (Å²) in [4.78, 5) is 0. The molecule has 0 spiro atoms. The summed E-state index contributed by atoms with van der Waals surface area (Å²) in [5.74, 6) is 0.989.